The highest BCUT2D eigenvalue weighted by Gasteiger charge is 2.68. The van der Waals surface area contributed by atoms with Crippen LogP contribution in [-0.2, 0) is 25.5 Å². The monoisotopic (exact) mass is 483 g/mol. The molecule has 2 amide bonds. The van der Waals surface area contributed by atoms with Crippen molar-refractivity contribution in [2.75, 3.05) is 0 Å². The summed E-state index contributed by atoms with van der Waals surface area (Å²) in [5, 5.41) is 0. The first-order valence-electron chi connectivity index (χ1n) is 12.8. The van der Waals surface area contributed by atoms with E-state index in [0.717, 1.165) is 17.5 Å². The van der Waals surface area contributed by atoms with Gasteiger partial charge in [-0.05, 0) is 49.5 Å². The third-order valence-corrected chi connectivity index (χ3v) is 8.55. The second-order valence-corrected chi connectivity index (χ2v) is 10.7. The Morgan fingerprint density at radius 1 is 0.917 bits per heavy atom. The van der Waals surface area contributed by atoms with Gasteiger partial charge in [-0.2, -0.15) is 0 Å². The van der Waals surface area contributed by atoms with E-state index in [-0.39, 0.29) is 35.9 Å². The maximum Gasteiger partial charge on any atom is 0.330 e. The molecular weight excluding hydrogens is 454 g/mol. The largest absolute Gasteiger partial charge is 0.453 e. The molecule has 5 aliphatic rings. The minimum Gasteiger partial charge on any atom is -0.453 e. The van der Waals surface area contributed by atoms with E-state index in [1.165, 1.54) is 11.8 Å². The molecule has 3 fully saturated rings. The summed E-state index contributed by atoms with van der Waals surface area (Å²) in [5.74, 6) is -1.29. The lowest BCUT2D eigenvalue weighted by atomic mass is 9.63. The Labute approximate surface area is 210 Å². The number of Topliss-reactive ketones (excluding diaryl/α,β-unsaturated/α-hetero) is 1. The number of aryl methyl sites for hydroxylation is 1. The van der Waals surface area contributed by atoms with Gasteiger partial charge in [-0.25, -0.2) is 4.79 Å². The van der Waals surface area contributed by atoms with Crippen LogP contribution in [0.25, 0.3) is 0 Å². The number of esters is 1. The Kier molecular flexibility index (Phi) is 5.43. The van der Waals surface area contributed by atoms with E-state index in [1.54, 1.807) is 12.1 Å². The lowest BCUT2D eigenvalue weighted by Crippen LogP contribution is -2.49. The van der Waals surface area contributed by atoms with Crippen molar-refractivity contribution >= 4 is 23.6 Å². The molecule has 2 bridgehead atoms. The molecule has 0 N–H and O–H groups in total. The first-order chi connectivity index (χ1) is 17.3. The Hall–Kier alpha value is -3.54. The molecule has 6 heteroatoms. The standard InChI is InChI=1S/C30H29NO5/c1-16-8-10-19(11-9-16)27(32)17(2)36-30(35)24(14-18-6-4-3-5-7-18)31-28(33)25-20-12-13-21(23-15-22(20)23)26(25)29(31)34/h3-13,17,20-26H,14-15H2,1-2H3/t17-,20-,21-,22-,23-,24-,25-,26+/m0/s1. The maximum atomic E-state index is 13.7. The van der Waals surface area contributed by atoms with E-state index < -0.39 is 30.0 Å². The summed E-state index contributed by atoms with van der Waals surface area (Å²) >= 11 is 0. The van der Waals surface area contributed by atoms with Crippen molar-refractivity contribution in [3.63, 3.8) is 0 Å². The van der Waals surface area contributed by atoms with Crippen LogP contribution in [0.2, 0.25) is 0 Å². The third-order valence-electron chi connectivity index (χ3n) is 8.55. The van der Waals surface area contributed by atoms with Crippen molar-refractivity contribution in [1.29, 1.82) is 0 Å². The molecule has 1 aliphatic heterocycles. The van der Waals surface area contributed by atoms with Gasteiger partial charge in [0.25, 0.3) is 0 Å². The molecule has 4 aliphatic carbocycles. The molecule has 7 rings (SSSR count). The third kappa shape index (κ3) is 3.62. The van der Waals surface area contributed by atoms with Crippen LogP contribution in [0.3, 0.4) is 0 Å². The average molecular weight is 484 g/mol. The number of allylic oxidation sites excluding steroid dienone is 2. The number of rotatable bonds is 7. The zero-order valence-electron chi connectivity index (χ0n) is 20.4. The molecule has 0 aromatic heterocycles. The highest BCUT2D eigenvalue weighted by atomic mass is 16.5. The Morgan fingerprint density at radius 3 is 2.08 bits per heavy atom. The average Bonchev–Trinajstić information content (AvgIpc) is 3.67. The van der Waals surface area contributed by atoms with E-state index in [9.17, 15) is 19.2 Å². The molecule has 0 spiro atoms. The van der Waals surface area contributed by atoms with Gasteiger partial charge in [-0.3, -0.25) is 19.3 Å². The molecule has 6 nitrogen and oxygen atoms in total. The predicted molar refractivity (Wildman–Crippen MR) is 132 cm³/mol. The van der Waals surface area contributed by atoms with Crippen molar-refractivity contribution in [1.82, 2.24) is 4.90 Å². The number of hydrogen-bond donors (Lipinski definition) is 0. The molecule has 0 unspecified atom stereocenters. The molecule has 36 heavy (non-hydrogen) atoms. The van der Waals surface area contributed by atoms with Crippen molar-refractivity contribution < 1.29 is 23.9 Å². The SMILES string of the molecule is Cc1ccc(C(=O)[C@H](C)OC(=O)[C@H](Cc2ccccc2)N2C(=O)[C@@H]3[C@H]4C=C[C@@H]([C@@H]5C[C@@H]45)[C@@H]3C2=O)cc1. The quantitative estimate of drug-likeness (QED) is 0.259. The number of ketones is 1. The molecule has 1 heterocycles. The number of ether oxygens (including phenoxy) is 1. The number of benzene rings is 2. The lowest BCUT2D eigenvalue weighted by molar-refractivity contribution is -0.160. The molecule has 2 aromatic rings. The molecule has 184 valence electrons. The number of carbonyl (C=O) groups excluding carboxylic acids is 4. The normalized spacial score (nSPS) is 31.0. The van der Waals surface area contributed by atoms with Crippen LogP contribution in [0.5, 0.6) is 0 Å². The lowest BCUT2D eigenvalue weighted by Gasteiger charge is -2.37. The van der Waals surface area contributed by atoms with E-state index in [2.05, 4.69) is 12.2 Å². The van der Waals surface area contributed by atoms with E-state index in [1.807, 2.05) is 49.4 Å². The molecule has 8 atom stereocenters. The molecule has 2 aromatic carbocycles. The van der Waals surface area contributed by atoms with Gasteiger partial charge in [0, 0.05) is 12.0 Å². The van der Waals surface area contributed by atoms with Crippen LogP contribution in [0, 0.1) is 42.4 Å². The second-order valence-electron chi connectivity index (χ2n) is 10.7. The van der Waals surface area contributed by atoms with Crippen molar-refractivity contribution in [3.8, 4) is 0 Å². The summed E-state index contributed by atoms with van der Waals surface area (Å²) in [5.41, 5.74) is 2.28. The minimum atomic E-state index is -1.11. The van der Waals surface area contributed by atoms with E-state index in [4.69, 9.17) is 4.74 Å². The fourth-order valence-electron chi connectivity index (χ4n) is 6.66. The van der Waals surface area contributed by atoms with Gasteiger partial charge in [0.15, 0.2) is 6.10 Å². The van der Waals surface area contributed by atoms with Crippen LogP contribution < -0.4 is 0 Å². The fraction of sp³-hybridized carbons (Fsp3) is 0.400. The Balaban J connectivity index is 1.27. The smallest absolute Gasteiger partial charge is 0.330 e. The topological polar surface area (TPSA) is 80.8 Å². The van der Waals surface area contributed by atoms with E-state index >= 15 is 0 Å². The Morgan fingerprint density at radius 2 is 1.50 bits per heavy atom. The van der Waals surface area contributed by atoms with Gasteiger partial charge >= 0.3 is 5.97 Å². The molecular formula is C30H29NO5. The van der Waals surface area contributed by atoms with Gasteiger partial charge in [0.05, 0.1) is 11.8 Å². The van der Waals surface area contributed by atoms with Gasteiger partial charge < -0.3 is 4.74 Å². The highest BCUT2D eigenvalue weighted by Crippen LogP contribution is 2.65. The number of nitrogens with zero attached hydrogens (tertiary/aromatic N) is 1. The summed E-state index contributed by atoms with van der Waals surface area (Å²) in [6.07, 6.45) is 4.41. The van der Waals surface area contributed by atoms with Crippen LogP contribution in [0.15, 0.2) is 66.7 Å². The van der Waals surface area contributed by atoms with Crippen LogP contribution in [-0.4, -0.2) is 40.6 Å². The summed E-state index contributed by atoms with van der Waals surface area (Å²) in [6, 6.07) is 15.3. The first-order valence-corrected chi connectivity index (χ1v) is 12.8. The molecule has 1 saturated heterocycles. The van der Waals surface area contributed by atoms with Gasteiger partial charge in [0.1, 0.15) is 6.04 Å². The van der Waals surface area contributed by atoms with Gasteiger partial charge in [0.2, 0.25) is 17.6 Å². The Bertz CT molecular complexity index is 1230. The molecule has 2 saturated carbocycles. The van der Waals surface area contributed by atoms with Gasteiger partial charge in [-0.1, -0.05) is 72.3 Å². The summed E-state index contributed by atoms with van der Waals surface area (Å²) in [4.78, 5) is 55.1. The van der Waals surface area contributed by atoms with Crippen LogP contribution in [0.1, 0.15) is 34.8 Å². The zero-order valence-corrected chi connectivity index (χ0v) is 20.4. The van der Waals surface area contributed by atoms with Crippen LogP contribution in [0.4, 0.5) is 0 Å². The highest BCUT2D eigenvalue weighted by molar-refractivity contribution is 6.09. The summed E-state index contributed by atoms with van der Waals surface area (Å²) in [7, 11) is 0. The zero-order chi connectivity index (χ0) is 25.1. The number of likely N-dealkylation sites (tertiary alicyclic amines) is 1. The summed E-state index contributed by atoms with van der Waals surface area (Å²) in [6.45, 7) is 3.46. The number of imide groups is 1. The second kappa shape index (κ2) is 8.54. The van der Waals surface area contributed by atoms with Crippen molar-refractivity contribution in [3.05, 3.63) is 83.4 Å². The number of carbonyl (C=O) groups is 4. The predicted octanol–water partition coefficient (Wildman–Crippen LogP) is 3.77. The van der Waals surface area contributed by atoms with Crippen molar-refractivity contribution in [2.45, 2.75) is 38.8 Å². The van der Waals surface area contributed by atoms with Crippen molar-refractivity contribution in [2.24, 2.45) is 35.5 Å². The number of hydrogen-bond acceptors (Lipinski definition) is 5. The van der Waals surface area contributed by atoms with E-state index in [0.29, 0.717) is 17.4 Å². The summed E-state index contributed by atoms with van der Waals surface area (Å²) < 4.78 is 5.64. The van der Waals surface area contributed by atoms with Gasteiger partial charge in [-0.15, -0.1) is 0 Å². The fourth-order valence-corrected chi connectivity index (χ4v) is 6.66. The number of amides is 2. The van der Waals surface area contributed by atoms with Crippen LogP contribution >= 0.6 is 0 Å². The maximum absolute atomic E-state index is 13.7. The molecule has 0 radical (unpaired) electrons. The first kappa shape index (κ1) is 22.9. The minimum absolute atomic E-state index is 0.0712.